The van der Waals surface area contributed by atoms with Gasteiger partial charge in [0.1, 0.15) is 0 Å². The van der Waals surface area contributed by atoms with Crippen molar-refractivity contribution < 1.29 is 17.9 Å². The van der Waals surface area contributed by atoms with Crippen LogP contribution in [0.15, 0.2) is 0 Å². The van der Waals surface area contributed by atoms with Gasteiger partial charge >= 0.3 is 6.18 Å². The van der Waals surface area contributed by atoms with Crippen molar-refractivity contribution in [3.8, 4) is 0 Å². The Morgan fingerprint density at radius 3 is 2.36 bits per heavy atom. The fraction of sp³-hybridized carbons (Fsp3) is 1.00. The van der Waals surface area contributed by atoms with Gasteiger partial charge in [0.15, 0.2) is 0 Å². The van der Waals surface area contributed by atoms with Gasteiger partial charge in [-0.15, -0.1) is 0 Å². The Hall–Kier alpha value is -0.330. The van der Waals surface area contributed by atoms with Crippen molar-refractivity contribution in [3.63, 3.8) is 0 Å². The van der Waals surface area contributed by atoms with E-state index < -0.39 is 12.7 Å². The van der Waals surface area contributed by atoms with Gasteiger partial charge in [-0.1, -0.05) is 6.92 Å². The van der Waals surface area contributed by atoms with Crippen LogP contribution in [0.2, 0.25) is 0 Å². The molecule has 0 bridgehead atoms. The number of hydrogen-bond donors (Lipinski definition) is 2. The maximum Gasteiger partial charge on any atom is 0.401 e. The molecule has 0 spiro atoms. The summed E-state index contributed by atoms with van der Waals surface area (Å²) in [5, 5.41) is 2.36. The van der Waals surface area contributed by atoms with E-state index in [1.807, 2.05) is 0 Å². The number of alkyl halides is 3. The van der Waals surface area contributed by atoms with Crippen LogP contribution in [0.1, 0.15) is 6.92 Å². The van der Waals surface area contributed by atoms with Crippen molar-refractivity contribution in [2.75, 3.05) is 26.8 Å². The lowest BCUT2D eigenvalue weighted by Crippen LogP contribution is -2.46. The number of halogens is 3. The largest absolute Gasteiger partial charge is 0.401 e. The van der Waals surface area contributed by atoms with Crippen LogP contribution in [0, 0.1) is 5.92 Å². The average Bonchev–Trinajstić information content (AvgIpc) is 2.03. The molecular weight excluding hydrogens is 197 g/mol. The fourth-order valence-electron chi connectivity index (χ4n) is 1.14. The second-order valence-electron chi connectivity index (χ2n) is 3.27. The van der Waals surface area contributed by atoms with Gasteiger partial charge in [0.25, 0.3) is 0 Å². The molecular formula is C8H17F3N2O. The number of nitrogens with one attached hydrogen (secondary N) is 1. The molecule has 14 heavy (non-hydrogen) atoms. The van der Waals surface area contributed by atoms with E-state index in [0.29, 0.717) is 6.61 Å². The van der Waals surface area contributed by atoms with Crippen LogP contribution < -0.4 is 11.1 Å². The highest BCUT2D eigenvalue weighted by molar-refractivity contribution is 4.75. The molecule has 3 N–H and O–H groups in total. The Kier molecular flexibility index (Phi) is 6.06. The Morgan fingerprint density at radius 1 is 1.43 bits per heavy atom. The summed E-state index contributed by atoms with van der Waals surface area (Å²) in [6.45, 7) is 1.35. The molecule has 0 aliphatic carbocycles. The summed E-state index contributed by atoms with van der Waals surface area (Å²) in [5.74, 6) is -0.0349. The smallest absolute Gasteiger partial charge is 0.384 e. The lowest BCUT2D eigenvalue weighted by Gasteiger charge is -2.23. The molecule has 0 aromatic heterocycles. The molecule has 86 valence electrons. The average molecular weight is 214 g/mol. The normalized spacial score (nSPS) is 16.7. The second kappa shape index (κ2) is 6.21. The molecule has 0 rings (SSSR count). The molecule has 3 nitrogen and oxygen atoms in total. The van der Waals surface area contributed by atoms with Crippen LogP contribution in [0.3, 0.4) is 0 Å². The Balaban J connectivity index is 3.90. The van der Waals surface area contributed by atoms with Gasteiger partial charge < -0.3 is 15.8 Å². The third-order valence-electron chi connectivity index (χ3n) is 1.94. The van der Waals surface area contributed by atoms with Gasteiger partial charge in [-0.05, 0) is 5.92 Å². The van der Waals surface area contributed by atoms with E-state index in [0.717, 1.165) is 0 Å². The summed E-state index contributed by atoms with van der Waals surface area (Å²) < 4.78 is 40.4. The standard InChI is InChI=1S/C8H17F3N2O/c1-6(4-14-2)7(3-12)13-5-8(9,10)11/h6-7,13H,3-5,12H2,1-2H3. The highest BCUT2D eigenvalue weighted by Crippen LogP contribution is 2.13. The van der Waals surface area contributed by atoms with Crippen molar-refractivity contribution in [3.05, 3.63) is 0 Å². The molecule has 0 saturated heterocycles. The van der Waals surface area contributed by atoms with Gasteiger partial charge in [0.2, 0.25) is 0 Å². The predicted molar refractivity (Wildman–Crippen MR) is 47.9 cm³/mol. The van der Waals surface area contributed by atoms with Crippen molar-refractivity contribution in [2.24, 2.45) is 11.7 Å². The topological polar surface area (TPSA) is 47.3 Å². The Labute approximate surface area is 81.8 Å². The SMILES string of the molecule is COCC(C)C(CN)NCC(F)(F)F. The first-order valence-electron chi connectivity index (χ1n) is 4.40. The number of nitrogens with two attached hydrogens (primary N) is 1. The highest BCUT2D eigenvalue weighted by atomic mass is 19.4. The van der Waals surface area contributed by atoms with E-state index in [1.54, 1.807) is 6.92 Å². The molecule has 0 amide bonds. The molecule has 0 aliphatic heterocycles. The second-order valence-corrected chi connectivity index (χ2v) is 3.27. The molecule has 0 saturated carbocycles. The molecule has 6 heteroatoms. The lowest BCUT2D eigenvalue weighted by atomic mass is 10.0. The molecule has 0 radical (unpaired) electrons. The van der Waals surface area contributed by atoms with Gasteiger partial charge in [0, 0.05) is 19.7 Å². The van der Waals surface area contributed by atoms with Crippen molar-refractivity contribution in [2.45, 2.75) is 19.1 Å². The highest BCUT2D eigenvalue weighted by Gasteiger charge is 2.28. The van der Waals surface area contributed by atoms with E-state index in [9.17, 15) is 13.2 Å². The first-order valence-corrected chi connectivity index (χ1v) is 4.40. The first-order chi connectivity index (χ1) is 6.40. The number of rotatable bonds is 6. The number of ether oxygens (including phenoxy) is 1. The van der Waals surface area contributed by atoms with Gasteiger partial charge in [-0.2, -0.15) is 13.2 Å². The summed E-state index contributed by atoms with van der Waals surface area (Å²) in [7, 11) is 1.51. The molecule has 2 unspecified atom stereocenters. The summed E-state index contributed by atoms with van der Waals surface area (Å²) in [5.41, 5.74) is 5.35. The summed E-state index contributed by atoms with van der Waals surface area (Å²) in [6.07, 6.45) is -4.19. The van der Waals surface area contributed by atoms with Crippen LogP contribution in [0.25, 0.3) is 0 Å². The Bertz CT molecular complexity index is 152. The quantitative estimate of drug-likeness (QED) is 0.686. The Morgan fingerprint density at radius 2 is 2.00 bits per heavy atom. The van der Waals surface area contributed by atoms with Crippen molar-refractivity contribution >= 4 is 0 Å². The minimum Gasteiger partial charge on any atom is -0.384 e. The monoisotopic (exact) mass is 214 g/mol. The third kappa shape index (κ3) is 6.17. The molecule has 2 atom stereocenters. The van der Waals surface area contributed by atoms with E-state index in [1.165, 1.54) is 7.11 Å². The molecule has 0 aromatic rings. The predicted octanol–water partition coefficient (Wildman–Crippen LogP) is 0.748. The van der Waals surface area contributed by atoms with Crippen LogP contribution in [0.4, 0.5) is 13.2 Å². The zero-order valence-corrected chi connectivity index (χ0v) is 8.40. The zero-order chi connectivity index (χ0) is 11.2. The third-order valence-corrected chi connectivity index (χ3v) is 1.94. The first kappa shape index (κ1) is 13.7. The molecule has 0 heterocycles. The van der Waals surface area contributed by atoms with E-state index in [2.05, 4.69) is 5.32 Å². The summed E-state index contributed by atoms with van der Waals surface area (Å²) in [6, 6.07) is -0.364. The van der Waals surface area contributed by atoms with Gasteiger partial charge in [-0.3, -0.25) is 0 Å². The number of hydrogen-bond acceptors (Lipinski definition) is 3. The number of methoxy groups -OCH3 is 1. The fourth-order valence-corrected chi connectivity index (χ4v) is 1.14. The van der Waals surface area contributed by atoms with Crippen molar-refractivity contribution in [1.82, 2.24) is 5.32 Å². The van der Waals surface area contributed by atoms with E-state index in [4.69, 9.17) is 10.5 Å². The zero-order valence-electron chi connectivity index (χ0n) is 8.40. The molecule has 0 aliphatic rings. The van der Waals surface area contributed by atoms with Crippen LogP contribution in [0.5, 0.6) is 0 Å². The van der Waals surface area contributed by atoms with E-state index in [-0.39, 0.29) is 18.5 Å². The van der Waals surface area contributed by atoms with E-state index >= 15 is 0 Å². The van der Waals surface area contributed by atoms with Crippen LogP contribution in [-0.2, 0) is 4.74 Å². The summed E-state index contributed by atoms with van der Waals surface area (Å²) in [4.78, 5) is 0. The molecule has 0 fully saturated rings. The van der Waals surface area contributed by atoms with Crippen LogP contribution in [-0.4, -0.2) is 39.0 Å². The minimum absolute atomic E-state index is 0.0349. The summed E-state index contributed by atoms with van der Waals surface area (Å²) >= 11 is 0. The molecule has 0 aromatic carbocycles. The lowest BCUT2D eigenvalue weighted by molar-refractivity contribution is -0.127. The van der Waals surface area contributed by atoms with Gasteiger partial charge in [0.05, 0.1) is 13.2 Å². The maximum atomic E-state index is 11.9. The minimum atomic E-state index is -4.19. The van der Waals surface area contributed by atoms with Crippen LogP contribution >= 0.6 is 0 Å². The van der Waals surface area contributed by atoms with Crippen molar-refractivity contribution in [1.29, 1.82) is 0 Å². The maximum absolute atomic E-state index is 11.9. The van der Waals surface area contributed by atoms with Gasteiger partial charge in [-0.25, -0.2) is 0 Å².